The number of nitrogens with one attached hydrogen (secondary N) is 2. The van der Waals surface area contributed by atoms with Crippen LogP contribution in [0.2, 0.25) is 0 Å². The highest BCUT2D eigenvalue weighted by Crippen LogP contribution is 2.27. The van der Waals surface area contributed by atoms with E-state index >= 15 is 0 Å². The van der Waals surface area contributed by atoms with Crippen LogP contribution in [0.5, 0.6) is 0 Å². The normalized spacial score (nSPS) is 11.0. The summed E-state index contributed by atoms with van der Waals surface area (Å²) < 4.78 is 2.64. The molecule has 1 aromatic carbocycles. The molecule has 11 heteroatoms. The number of urea groups is 1. The number of nitrogens with zero attached hydrogens (tertiary/aromatic N) is 5. The molecule has 0 radical (unpaired) electrons. The zero-order valence-electron chi connectivity index (χ0n) is 16.2. The van der Waals surface area contributed by atoms with Crippen molar-refractivity contribution in [2.45, 2.75) is 19.9 Å². The van der Waals surface area contributed by atoms with E-state index in [-0.39, 0.29) is 6.04 Å². The molecule has 0 aliphatic carbocycles. The number of hydrogen-bond acceptors (Lipinski definition) is 7. The Hall–Kier alpha value is -3.86. The lowest BCUT2D eigenvalue weighted by Gasteiger charge is -2.10. The van der Waals surface area contributed by atoms with Gasteiger partial charge in [-0.15, -0.1) is 10.2 Å². The first-order valence-corrected chi connectivity index (χ1v) is 9.87. The molecule has 0 unspecified atom stereocenters. The minimum Gasteiger partial charge on any atom is -0.366 e. The van der Waals surface area contributed by atoms with Crippen LogP contribution < -0.4 is 16.4 Å². The lowest BCUT2D eigenvalue weighted by atomic mass is 10.2. The Balaban J connectivity index is 1.50. The summed E-state index contributed by atoms with van der Waals surface area (Å²) >= 11 is 1.24. The smallest absolute Gasteiger partial charge is 0.326 e. The van der Waals surface area contributed by atoms with Crippen molar-refractivity contribution in [3.8, 4) is 11.5 Å². The number of carbonyl (C=O) groups is 2. The van der Waals surface area contributed by atoms with E-state index in [9.17, 15) is 9.59 Å². The predicted molar refractivity (Wildman–Crippen MR) is 114 cm³/mol. The molecule has 0 saturated carbocycles. The largest absolute Gasteiger partial charge is 0.366 e. The van der Waals surface area contributed by atoms with Crippen molar-refractivity contribution in [2.75, 3.05) is 10.6 Å². The Morgan fingerprint density at radius 1 is 1.13 bits per heavy atom. The van der Waals surface area contributed by atoms with Crippen molar-refractivity contribution >= 4 is 44.4 Å². The summed E-state index contributed by atoms with van der Waals surface area (Å²) in [6, 6.07) is 9.87. The highest BCUT2D eigenvalue weighted by atomic mass is 32.1. The predicted octanol–water partition coefficient (Wildman–Crippen LogP) is 3.27. The van der Waals surface area contributed by atoms with Gasteiger partial charge in [0.15, 0.2) is 11.0 Å². The van der Waals surface area contributed by atoms with Crippen molar-refractivity contribution in [3.63, 3.8) is 0 Å². The van der Waals surface area contributed by atoms with Gasteiger partial charge in [-0.05, 0) is 44.2 Å². The molecule has 30 heavy (non-hydrogen) atoms. The van der Waals surface area contributed by atoms with Crippen LogP contribution in [-0.4, -0.2) is 36.7 Å². The SMILES string of the molecule is CC(C)n1cnnc1-c1cccc(NC(=O)Nc2nc3ccc(C(N)=O)cc3s2)n1. The van der Waals surface area contributed by atoms with Crippen LogP contribution in [0, 0.1) is 0 Å². The van der Waals surface area contributed by atoms with Gasteiger partial charge in [0.2, 0.25) is 5.91 Å². The van der Waals surface area contributed by atoms with Crippen LogP contribution in [0.15, 0.2) is 42.7 Å². The third-order valence-electron chi connectivity index (χ3n) is 4.24. The van der Waals surface area contributed by atoms with Gasteiger partial charge < -0.3 is 10.3 Å². The van der Waals surface area contributed by atoms with E-state index < -0.39 is 11.9 Å². The minimum absolute atomic E-state index is 0.172. The van der Waals surface area contributed by atoms with Gasteiger partial charge in [0.25, 0.3) is 0 Å². The molecule has 4 rings (SSSR count). The van der Waals surface area contributed by atoms with Crippen LogP contribution in [-0.2, 0) is 0 Å². The molecule has 0 bridgehead atoms. The molecular weight excluding hydrogens is 404 g/mol. The Labute approximate surface area is 175 Å². The third-order valence-corrected chi connectivity index (χ3v) is 5.18. The highest BCUT2D eigenvalue weighted by molar-refractivity contribution is 7.22. The van der Waals surface area contributed by atoms with E-state index in [1.54, 1.807) is 42.7 Å². The first-order chi connectivity index (χ1) is 14.4. The second-order valence-electron chi connectivity index (χ2n) is 6.71. The summed E-state index contributed by atoms with van der Waals surface area (Å²) in [6.07, 6.45) is 1.64. The molecule has 3 amide bonds. The molecule has 0 atom stereocenters. The number of pyridine rings is 1. The second-order valence-corrected chi connectivity index (χ2v) is 7.74. The fraction of sp³-hybridized carbons (Fsp3) is 0.158. The van der Waals surface area contributed by atoms with Gasteiger partial charge in [-0.3, -0.25) is 15.4 Å². The zero-order valence-corrected chi connectivity index (χ0v) is 17.0. The van der Waals surface area contributed by atoms with Crippen molar-refractivity contribution in [1.82, 2.24) is 24.7 Å². The number of thiazole rings is 1. The van der Waals surface area contributed by atoms with Gasteiger partial charge in [-0.2, -0.15) is 0 Å². The maximum Gasteiger partial charge on any atom is 0.326 e. The molecule has 0 fully saturated rings. The molecular formula is C19H18N8O2S. The number of rotatable bonds is 5. The van der Waals surface area contributed by atoms with Crippen LogP contribution in [0.3, 0.4) is 0 Å². The number of primary amides is 1. The van der Waals surface area contributed by atoms with E-state index in [1.807, 2.05) is 18.4 Å². The lowest BCUT2D eigenvalue weighted by molar-refractivity contribution is 0.100. The average molecular weight is 422 g/mol. The number of carbonyl (C=O) groups excluding carboxylic acids is 2. The van der Waals surface area contributed by atoms with Crippen LogP contribution in [0.1, 0.15) is 30.2 Å². The zero-order chi connectivity index (χ0) is 21.3. The topological polar surface area (TPSA) is 141 Å². The van der Waals surface area contributed by atoms with E-state index in [1.165, 1.54) is 11.3 Å². The molecule has 4 N–H and O–H groups in total. The molecule has 152 valence electrons. The summed E-state index contributed by atoms with van der Waals surface area (Å²) in [5.41, 5.74) is 6.94. The average Bonchev–Trinajstić information content (AvgIpc) is 3.34. The van der Waals surface area contributed by atoms with Gasteiger partial charge >= 0.3 is 6.03 Å². The van der Waals surface area contributed by atoms with Crippen molar-refractivity contribution in [1.29, 1.82) is 0 Å². The van der Waals surface area contributed by atoms with Gasteiger partial charge in [0.05, 0.1) is 10.2 Å². The van der Waals surface area contributed by atoms with E-state index in [0.29, 0.717) is 33.5 Å². The number of aromatic nitrogens is 5. The first-order valence-electron chi connectivity index (χ1n) is 9.06. The van der Waals surface area contributed by atoms with Gasteiger partial charge in [-0.25, -0.2) is 14.8 Å². The number of anilines is 2. The number of benzene rings is 1. The maximum absolute atomic E-state index is 12.4. The van der Waals surface area contributed by atoms with Gasteiger partial charge in [-0.1, -0.05) is 17.4 Å². The van der Waals surface area contributed by atoms with Crippen LogP contribution >= 0.6 is 11.3 Å². The molecule has 0 spiro atoms. The third kappa shape index (κ3) is 3.96. The Morgan fingerprint density at radius 3 is 2.73 bits per heavy atom. The number of amides is 3. The highest BCUT2D eigenvalue weighted by Gasteiger charge is 2.14. The summed E-state index contributed by atoms with van der Waals surface area (Å²) in [5, 5.41) is 13.8. The summed E-state index contributed by atoms with van der Waals surface area (Å²) in [5.74, 6) is 0.461. The molecule has 0 saturated heterocycles. The quantitative estimate of drug-likeness (QED) is 0.451. The fourth-order valence-corrected chi connectivity index (χ4v) is 3.71. The van der Waals surface area contributed by atoms with Crippen molar-refractivity contribution in [3.05, 3.63) is 48.3 Å². The number of hydrogen-bond donors (Lipinski definition) is 3. The van der Waals surface area contributed by atoms with E-state index in [0.717, 1.165) is 4.70 Å². The maximum atomic E-state index is 12.4. The summed E-state index contributed by atoms with van der Waals surface area (Å²) in [4.78, 5) is 32.5. The summed E-state index contributed by atoms with van der Waals surface area (Å²) in [6.45, 7) is 4.04. The minimum atomic E-state index is -0.517. The lowest BCUT2D eigenvalue weighted by Crippen LogP contribution is -2.20. The molecule has 4 aromatic rings. The van der Waals surface area contributed by atoms with Gasteiger partial charge in [0, 0.05) is 11.6 Å². The van der Waals surface area contributed by atoms with Gasteiger partial charge in [0.1, 0.15) is 17.8 Å². The van der Waals surface area contributed by atoms with E-state index in [4.69, 9.17) is 5.73 Å². The van der Waals surface area contributed by atoms with E-state index in [2.05, 4.69) is 30.8 Å². The standard InChI is InChI=1S/C19H18N8O2S/c1-10(2)27-9-21-26-17(27)13-4-3-5-15(22-13)24-18(29)25-19-23-12-7-6-11(16(20)28)8-14(12)30-19/h3-10H,1-2H3,(H2,20,28)(H2,22,23,24,25,29). The first kappa shape index (κ1) is 19.5. The number of nitrogens with two attached hydrogens (primary N) is 1. The summed E-state index contributed by atoms with van der Waals surface area (Å²) in [7, 11) is 0. The van der Waals surface area contributed by atoms with Crippen LogP contribution in [0.25, 0.3) is 21.7 Å². The van der Waals surface area contributed by atoms with Crippen molar-refractivity contribution in [2.24, 2.45) is 5.73 Å². The Morgan fingerprint density at radius 2 is 1.97 bits per heavy atom. The monoisotopic (exact) mass is 422 g/mol. The molecule has 3 aromatic heterocycles. The fourth-order valence-electron chi connectivity index (χ4n) is 2.81. The van der Waals surface area contributed by atoms with Crippen LogP contribution in [0.4, 0.5) is 15.7 Å². The number of fused-ring (bicyclic) bond motifs is 1. The Kier molecular flexibility index (Phi) is 5.11. The van der Waals surface area contributed by atoms with Crippen molar-refractivity contribution < 1.29 is 9.59 Å². The Bertz CT molecular complexity index is 1250. The molecule has 10 nitrogen and oxygen atoms in total. The second kappa shape index (κ2) is 7.87. The molecule has 0 aliphatic heterocycles. The molecule has 3 heterocycles. The molecule has 0 aliphatic rings.